The summed E-state index contributed by atoms with van der Waals surface area (Å²) in [6, 6.07) is 5.32. The van der Waals surface area contributed by atoms with Crippen molar-refractivity contribution in [1.29, 1.82) is 0 Å². The average molecular weight is 290 g/mol. The quantitative estimate of drug-likeness (QED) is 0.694. The molecule has 0 aliphatic carbocycles. The summed E-state index contributed by atoms with van der Waals surface area (Å²) in [5.41, 5.74) is -0.102. The number of nitro groups is 1. The molecule has 0 saturated heterocycles. The van der Waals surface area contributed by atoms with Gasteiger partial charge in [-0.1, -0.05) is 0 Å². The van der Waals surface area contributed by atoms with Crippen LogP contribution < -0.4 is 0 Å². The van der Waals surface area contributed by atoms with E-state index in [0.717, 1.165) is 11.8 Å². The molecule has 10 heteroatoms. The maximum Gasteiger partial charge on any atom is 0.451 e. The standard InChI is InChI=1S/C9H5F3N4O2S/c10-9(11,12)7-13-8(15-14-7)19-6-3-1-5(2-4-6)16(17)18/h1-4H,(H,13,14,15). The molecule has 1 aromatic heterocycles. The number of nitrogens with one attached hydrogen (secondary N) is 1. The van der Waals surface area contributed by atoms with E-state index in [1.807, 2.05) is 0 Å². The molecule has 0 bridgehead atoms. The molecule has 1 heterocycles. The number of benzene rings is 1. The molecule has 6 nitrogen and oxygen atoms in total. The molecular formula is C9H5F3N4O2S. The van der Waals surface area contributed by atoms with Crippen LogP contribution in [0.25, 0.3) is 0 Å². The second-order valence-electron chi connectivity index (χ2n) is 3.32. The number of nitro benzene ring substituents is 1. The van der Waals surface area contributed by atoms with E-state index in [2.05, 4.69) is 10.1 Å². The number of aromatic amines is 1. The van der Waals surface area contributed by atoms with Gasteiger partial charge in [0, 0.05) is 17.0 Å². The molecule has 0 amide bonds. The van der Waals surface area contributed by atoms with Crippen molar-refractivity contribution in [2.75, 3.05) is 0 Å². The molecule has 0 atom stereocenters. The largest absolute Gasteiger partial charge is 0.451 e. The Morgan fingerprint density at radius 3 is 2.37 bits per heavy atom. The first-order valence-electron chi connectivity index (χ1n) is 4.78. The summed E-state index contributed by atoms with van der Waals surface area (Å²) in [4.78, 5) is 13.6. The van der Waals surface area contributed by atoms with Gasteiger partial charge in [-0.15, -0.1) is 5.10 Å². The van der Waals surface area contributed by atoms with E-state index in [4.69, 9.17) is 0 Å². The molecule has 2 rings (SSSR count). The molecule has 1 aromatic carbocycles. The predicted molar refractivity (Wildman–Crippen MR) is 58.6 cm³/mol. The van der Waals surface area contributed by atoms with E-state index in [-0.39, 0.29) is 10.8 Å². The van der Waals surface area contributed by atoms with Gasteiger partial charge in [-0.3, -0.25) is 15.2 Å². The number of non-ortho nitro benzene ring substituents is 1. The zero-order valence-electron chi connectivity index (χ0n) is 9.01. The summed E-state index contributed by atoms with van der Waals surface area (Å²) < 4.78 is 36.8. The van der Waals surface area contributed by atoms with Crippen LogP contribution in [0.1, 0.15) is 5.82 Å². The highest BCUT2D eigenvalue weighted by atomic mass is 32.2. The molecule has 0 spiro atoms. The van der Waals surface area contributed by atoms with Gasteiger partial charge >= 0.3 is 6.18 Å². The van der Waals surface area contributed by atoms with Crippen LogP contribution in [0.15, 0.2) is 34.3 Å². The maximum absolute atomic E-state index is 12.3. The number of alkyl halides is 3. The molecule has 1 N–H and O–H groups in total. The molecule has 0 unspecified atom stereocenters. The second-order valence-corrected chi connectivity index (χ2v) is 4.36. The Bertz CT molecular complexity index is 596. The minimum atomic E-state index is -4.58. The molecule has 0 aliphatic heterocycles. The number of nitrogens with zero attached hydrogens (tertiary/aromatic N) is 3. The molecule has 19 heavy (non-hydrogen) atoms. The normalized spacial score (nSPS) is 11.5. The Balaban J connectivity index is 2.13. The van der Waals surface area contributed by atoms with Crippen molar-refractivity contribution in [1.82, 2.24) is 15.2 Å². The number of halogens is 3. The number of H-pyrrole nitrogens is 1. The van der Waals surface area contributed by atoms with Crippen molar-refractivity contribution in [3.05, 3.63) is 40.2 Å². The highest BCUT2D eigenvalue weighted by Gasteiger charge is 2.35. The molecule has 0 saturated carbocycles. The molecule has 0 radical (unpaired) electrons. The third-order valence-electron chi connectivity index (χ3n) is 1.99. The number of rotatable bonds is 3. The molecule has 0 aliphatic rings. The van der Waals surface area contributed by atoms with Crippen molar-refractivity contribution >= 4 is 17.4 Å². The summed E-state index contributed by atoms with van der Waals surface area (Å²) in [5, 5.41) is 15.5. The molecular weight excluding hydrogens is 285 g/mol. The molecule has 2 aromatic rings. The van der Waals surface area contributed by atoms with E-state index in [9.17, 15) is 23.3 Å². The minimum Gasteiger partial charge on any atom is -0.258 e. The van der Waals surface area contributed by atoms with E-state index >= 15 is 0 Å². The Morgan fingerprint density at radius 1 is 1.26 bits per heavy atom. The van der Waals surface area contributed by atoms with Crippen molar-refractivity contribution in [2.24, 2.45) is 0 Å². The first kappa shape index (κ1) is 13.3. The van der Waals surface area contributed by atoms with Gasteiger partial charge in [-0.05, 0) is 23.9 Å². The summed E-state index contributed by atoms with van der Waals surface area (Å²) >= 11 is 0.869. The smallest absolute Gasteiger partial charge is 0.258 e. The average Bonchev–Trinajstić information content (AvgIpc) is 2.78. The minimum absolute atomic E-state index is 0.102. The fourth-order valence-electron chi connectivity index (χ4n) is 1.16. The zero-order chi connectivity index (χ0) is 14.0. The van der Waals surface area contributed by atoms with E-state index in [0.29, 0.717) is 4.90 Å². The van der Waals surface area contributed by atoms with Crippen LogP contribution in [0.4, 0.5) is 18.9 Å². The van der Waals surface area contributed by atoms with E-state index in [1.165, 1.54) is 24.3 Å². The first-order valence-corrected chi connectivity index (χ1v) is 5.60. The Labute approximate surface area is 108 Å². The van der Waals surface area contributed by atoms with E-state index < -0.39 is 16.9 Å². The van der Waals surface area contributed by atoms with Crippen LogP contribution in [0, 0.1) is 10.1 Å². The number of hydrogen-bond acceptors (Lipinski definition) is 5. The summed E-state index contributed by atoms with van der Waals surface area (Å²) in [6.07, 6.45) is -4.58. The Morgan fingerprint density at radius 2 is 1.89 bits per heavy atom. The van der Waals surface area contributed by atoms with Crippen molar-refractivity contribution < 1.29 is 18.1 Å². The van der Waals surface area contributed by atoms with Gasteiger partial charge in [0.1, 0.15) is 0 Å². The fourth-order valence-corrected chi connectivity index (χ4v) is 1.87. The van der Waals surface area contributed by atoms with Crippen molar-refractivity contribution in [2.45, 2.75) is 16.2 Å². The highest BCUT2D eigenvalue weighted by Crippen LogP contribution is 2.30. The van der Waals surface area contributed by atoms with Gasteiger partial charge in [-0.2, -0.15) is 18.2 Å². The summed E-state index contributed by atoms with van der Waals surface area (Å²) in [7, 11) is 0. The van der Waals surface area contributed by atoms with Crippen molar-refractivity contribution in [3.8, 4) is 0 Å². The Kier molecular flexibility index (Phi) is 3.42. The van der Waals surface area contributed by atoms with Crippen LogP contribution in [-0.4, -0.2) is 20.1 Å². The lowest BCUT2D eigenvalue weighted by molar-refractivity contribution is -0.384. The van der Waals surface area contributed by atoms with Gasteiger partial charge < -0.3 is 0 Å². The molecule has 0 fully saturated rings. The Hall–Kier alpha value is -2.10. The van der Waals surface area contributed by atoms with Gasteiger partial charge in [0.15, 0.2) is 0 Å². The van der Waals surface area contributed by atoms with Crippen LogP contribution in [-0.2, 0) is 6.18 Å². The van der Waals surface area contributed by atoms with Gasteiger partial charge in [0.05, 0.1) is 4.92 Å². The van der Waals surface area contributed by atoms with Gasteiger partial charge in [0.2, 0.25) is 11.0 Å². The van der Waals surface area contributed by atoms with Crippen LogP contribution >= 0.6 is 11.8 Å². The van der Waals surface area contributed by atoms with Gasteiger partial charge in [0.25, 0.3) is 5.69 Å². The molecule has 100 valence electrons. The lowest BCUT2D eigenvalue weighted by Crippen LogP contribution is -2.07. The maximum atomic E-state index is 12.3. The van der Waals surface area contributed by atoms with Crippen LogP contribution in [0.5, 0.6) is 0 Å². The lowest BCUT2D eigenvalue weighted by Gasteiger charge is -1.98. The monoisotopic (exact) mass is 290 g/mol. The first-order chi connectivity index (χ1) is 8.86. The lowest BCUT2D eigenvalue weighted by atomic mass is 10.3. The summed E-state index contributed by atoms with van der Waals surface area (Å²) in [5.74, 6) is -1.18. The SMILES string of the molecule is O=[N+]([O-])c1ccc(Sc2n[nH]c(C(F)(F)F)n2)cc1. The fraction of sp³-hybridized carbons (Fsp3) is 0.111. The summed E-state index contributed by atoms with van der Waals surface area (Å²) in [6.45, 7) is 0. The van der Waals surface area contributed by atoms with Crippen molar-refractivity contribution in [3.63, 3.8) is 0 Å². The van der Waals surface area contributed by atoms with Crippen LogP contribution in [0.2, 0.25) is 0 Å². The van der Waals surface area contributed by atoms with Gasteiger partial charge in [-0.25, -0.2) is 0 Å². The number of hydrogen-bond donors (Lipinski definition) is 1. The third-order valence-corrected chi connectivity index (χ3v) is 2.86. The second kappa shape index (κ2) is 4.88. The number of aromatic nitrogens is 3. The van der Waals surface area contributed by atoms with Crippen LogP contribution in [0.3, 0.4) is 0 Å². The predicted octanol–water partition coefficient (Wildman–Crippen LogP) is 2.88. The zero-order valence-corrected chi connectivity index (χ0v) is 9.83. The third kappa shape index (κ3) is 3.22. The highest BCUT2D eigenvalue weighted by molar-refractivity contribution is 7.99. The van der Waals surface area contributed by atoms with E-state index in [1.54, 1.807) is 5.10 Å². The topological polar surface area (TPSA) is 84.7 Å².